The molecule has 1 aromatic heterocycles. The van der Waals surface area contributed by atoms with Crippen LogP contribution in [0.3, 0.4) is 0 Å². The number of rotatable bonds is 7. The molecule has 0 radical (unpaired) electrons. The first kappa shape index (κ1) is 19.4. The van der Waals surface area contributed by atoms with Gasteiger partial charge in [-0.1, -0.05) is 30.3 Å². The number of carbonyl (C=O) groups excluding carboxylic acids is 1. The minimum Gasteiger partial charge on any atom is -0.338 e. The van der Waals surface area contributed by atoms with Gasteiger partial charge in [0.1, 0.15) is 0 Å². The molecule has 1 aliphatic heterocycles. The summed E-state index contributed by atoms with van der Waals surface area (Å²) in [6, 6.07) is 12.6. The van der Waals surface area contributed by atoms with Gasteiger partial charge in [-0.25, -0.2) is 4.79 Å². The maximum Gasteiger partial charge on any atom is 0.317 e. The van der Waals surface area contributed by atoms with Gasteiger partial charge < -0.3 is 10.2 Å². The maximum atomic E-state index is 12.3. The summed E-state index contributed by atoms with van der Waals surface area (Å²) in [5.41, 5.74) is 3.62. The summed E-state index contributed by atoms with van der Waals surface area (Å²) >= 11 is 0. The third-order valence-electron chi connectivity index (χ3n) is 5.34. The van der Waals surface area contributed by atoms with E-state index in [0.29, 0.717) is 12.5 Å². The minimum absolute atomic E-state index is 0.00893. The molecule has 2 heterocycles. The predicted octanol–water partition coefficient (Wildman–Crippen LogP) is 3.44. The second kappa shape index (κ2) is 9.51. The third kappa shape index (κ3) is 5.79. The maximum absolute atomic E-state index is 12.3. The minimum atomic E-state index is -0.00893. The highest BCUT2D eigenvalue weighted by molar-refractivity contribution is 5.73. The van der Waals surface area contributed by atoms with Gasteiger partial charge in [0.05, 0.1) is 0 Å². The fourth-order valence-electron chi connectivity index (χ4n) is 3.66. The lowest BCUT2D eigenvalue weighted by atomic mass is 10.1. The summed E-state index contributed by atoms with van der Waals surface area (Å²) in [6.07, 6.45) is 5.87. The van der Waals surface area contributed by atoms with Crippen molar-refractivity contribution >= 4 is 6.03 Å². The Morgan fingerprint density at radius 2 is 2.11 bits per heavy atom. The van der Waals surface area contributed by atoms with E-state index in [-0.39, 0.29) is 6.03 Å². The molecule has 5 heteroatoms. The molecule has 3 rings (SSSR count). The first-order valence-electron chi connectivity index (χ1n) is 9.76. The normalized spacial score (nSPS) is 17.0. The van der Waals surface area contributed by atoms with Crippen LogP contribution in [0.4, 0.5) is 4.79 Å². The number of urea groups is 1. The van der Waals surface area contributed by atoms with Crippen molar-refractivity contribution in [1.29, 1.82) is 0 Å². The van der Waals surface area contributed by atoms with E-state index in [9.17, 15) is 4.79 Å². The quantitative estimate of drug-likeness (QED) is 0.817. The van der Waals surface area contributed by atoms with E-state index in [1.165, 1.54) is 12.0 Å². The van der Waals surface area contributed by atoms with Gasteiger partial charge in [0.2, 0.25) is 0 Å². The predicted molar refractivity (Wildman–Crippen MR) is 108 cm³/mol. The van der Waals surface area contributed by atoms with Crippen molar-refractivity contribution in [3.05, 3.63) is 65.5 Å². The monoisotopic (exact) mass is 366 g/mol. The molecule has 0 spiro atoms. The van der Waals surface area contributed by atoms with Crippen LogP contribution >= 0.6 is 0 Å². The topological polar surface area (TPSA) is 48.5 Å². The summed E-state index contributed by atoms with van der Waals surface area (Å²) < 4.78 is 0. The van der Waals surface area contributed by atoms with Crippen molar-refractivity contribution < 1.29 is 4.79 Å². The molecule has 1 unspecified atom stereocenters. The number of hydrogen-bond acceptors (Lipinski definition) is 3. The Bertz CT molecular complexity index is 734. The van der Waals surface area contributed by atoms with E-state index in [0.717, 1.165) is 43.7 Å². The summed E-state index contributed by atoms with van der Waals surface area (Å²) in [5.74, 6) is 0.668. The zero-order valence-corrected chi connectivity index (χ0v) is 16.4. The average Bonchev–Trinajstić information content (AvgIpc) is 3.11. The first-order chi connectivity index (χ1) is 13.1. The van der Waals surface area contributed by atoms with Crippen molar-refractivity contribution in [2.45, 2.75) is 32.9 Å². The van der Waals surface area contributed by atoms with Crippen LogP contribution in [0.2, 0.25) is 0 Å². The molecular formula is C22H30N4O. The lowest BCUT2D eigenvalue weighted by molar-refractivity contribution is 0.206. The van der Waals surface area contributed by atoms with Gasteiger partial charge in [-0.3, -0.25) is 9.88 Å². The lowest BCUT2D eigenvalue weighted by Gasteiger charge is -2.20. The van der Waals surface area contributed by atoms with Crippen LogP contribution in [-0.4, -0.2) is 47.5 Å². The van der Waals surface area contributed by atoms with Gasteiger partial charge in [0.15, 0.2) is 0 Å². The first-order valence-corrected chi connectivity index (χ1v) is 9.76. The molecule has 0 aliphatic carbocycles. The molecule has 2 aromatic rings. The molecule has 0 bridgehead atoms. The summed E-state index contributed by atoms with van der Waals surface area (Å²) in [7, 11) is 1.84. The van der Waals surface area contributed by atoms with Gasteiger partial charge in [-0.05, 0) is 55.0 Å². The number of amides is 2. The number of likely N-dealkylation sites (tertiary alicyclic amines) is 1. The lowest BCUT2D eigenvalue weighted by Crippen LogP contribution is -2.38. The van der Waals surface area contributed by atoms with Gasteiger partial charge in [0, 0.05) is 45.6 Å². The van der Waals surface area contributed by atoms with Gasteiger partial charge in [0.25, 0.3) is 0 Å². The molecule has 144 valence electrons. The van der Waals surface area contributed by atoms with Gasteiger partial charge in [-0.15, -0.1) is 0 Å². The Morgan fingerprint density at radius 1 is 1.30 bits per heavy atom. The SMILES string of the molecule is Cc1cnccc1CN(C)C(=O)NCCC1CCN(Cc2ccccc2)C1. The van der Waals surface area contributed by atoms with Crippen LogP contribution in [0.15, 0.2) is 48.8 Å². The Kier molecular flexibility index (Phi) is 6.82. The third-order valence-corrected chi connectivity index (χ3v) is 5.34. The Hall–Kier alpha value is -2.40. The Labute approximate surface area is 162 Å². The Morgan fingerprint density at radius 3 is 2.89 bits per heavy atom. The van der Waals surface area contributed by atoms with Crippen molar-refractivity contribution in [2.75, 3.05) is 26.7 Å². The fourth-order valence-corrected chi connectivity index (χ4v) is 3.66. The summed E-state index contributed by atoms with van der Waals surface area (Å²) in [6.45, 7) is 6.66. The van der Waals surface area contributed by atoms with Gasteiger partial charge >= 0.3 is 6.03 Å². The van der Waals surface area contributed by atoms with E-state index in [4.69, 9.17) is 0 Å². The van der Waals surface area contributed by atoms with Crippen LogP contribution in [0.25, 0.3) is 0 Å². The standard InChI is InChI=1S/C22H30N4O/c1-18-14-23-11-9-21(18)17-25(2)22(27)24-12-8-20-10-13-26(16-20)15-19-6-4-3-5-7-19/h3-7,9,11,14,20H,8,10,12-13,15-17H2,1-2H3,(H,24,27). The van der Waals surface area contributed by atoms with Crippen molar-refractivity contribution in [1.82, 2.24) is 20.1 Å². The van der Waals surface area contributed by atoms with E-state index >= 15 is 0 Å². The molecule has 5 nitrogen and oxygen atoms in total. The van der Waals surface area contributed by atoms with Crippen LogP contribution in [0, 0.1) is 12.8 Å². The molecule has 0 saturated carbocycles. The number of nitrogens with one attached hydrogen (secondary N) is 1. The van der Waals surface area contributed by atoms with Crippen molar-refractivity contribution in [3.8, 4) is 0 Å². The molecule has 1 fully saturated rings. The number of benzene rings is 1. The largest absolute Gasteiger partial charge is 0.338 e. The van der Waals surface area contributed by atoms with Gasteiger partial charge in [-0.2, -0.15) is 0 Å². The number of aryl methyl sites for hydroxylation is 1. The summed E-state index contributed by atoms with van der Waals surface area (Å²) in [4.78, 5) is 20.7. The second-order valence-electron chi connectivity index (χ2n) is 7.55. The number of pyridine rings is 1. The number of aromatic nitrogens is 1. The molecule has 1 aromatic carbocycles. The van der Waals surface area contributed by atoms with Crippen molar-refractivity contribution in [3.63, 3.8) is 0 Å². The number of nitrogens with zero attached hydrogens (tertiary/aromatic N) is 3. The molecule has 2 amide bonds. The number of hydrogen-bond donors (Lipinski definition) is 1. The van der Waals surface area contributed by atoms with Crippen LogP contribution < -0.4 is 5.32 Å². The van der Waals surface area contributed by atoms with Crippen LogP contribution in [0.1, 0.15) is 29.5 Å². The molecule has 1 saturated heterocycles. The molecule has 1 aliphatic rings. The molecule has 27 heavy (non-hydrogen) atoms. The zero-order chi connectivity index (χ0) is 19.1. The zero-order valence-electron chi connectivity index (χ0n) is 16.4. The van der Waals surface area contributed by atoms with E-state index in [1.54, 1.807) is 11.1 Å². The fraction of sp³-hybridized carbons (Fsp3) is 0.455. The van der Waals surface area contributed by atoms with E-state index in [1.807, 2.05) is 26.2 Å². The average molecular weight is 367 g/mol. The molecular weight excluding hydrogens is 336 g/mol. The number of carbonyl (C=O) groups is 1. The Balaban J connectivity index is 1.36. The highest BCUT2D eigenvalue weighted by Crippen LogP contribution is 2.21. The molecule has 1 atom stereocenters. The van der Waals surface area contributed by atoms with Crippen LogP contribution in [0.5, 0.6) is 0 Å². The van der Waals surface area contributed by atoms with E-state index in [2.05, 4.69) is 45.5 Å². The highest BCUT2D eigenvalue weighted by Gasteiger charge is 2.22. The summed E-state index contributed by atoms with van der Waals surface area (Å²) in [5, 5.41) is 3.07. The smallest absolute Gasteiger partial charge is 0.317 e. The van der Waals surface area contributed by atoms with E-state index < -0.39 is 0 Å². The highest BCUT2D eigenvalue weighted by atomic mass is 16.2. The second-order valence-corrected chi connectivity index (χ2v) is 7.55. The van der Waals surface area contributed by atoms with Crippen molar-refractivity contribution in [2.24, 2.45) is 5.92 Å². The molecule has 1 N–H and O–H groups in total. The van der Waals surface area contributed by atoms with Crippen LogP contribution in [-0.2, 0) is 13.1 Å².